The van der Waals surface area contributed by atoms with Crippen molar-refractivity contribution >= 4 is 0 Å². The molecule has 0 N–H and O–H groups in total. The predicted octanol–water partition coefficient (Wildman–Crippen LogP) is 4.17. The third-order valence-electron chi connectivity index (χ3n) is 2.69. The van der Waals surface area contributed by atoms with Gasteiger partial charge in [0.05, 0.1) is 0 Å². The van der Waals surface area contributed by atoms with Crippen LogP contribution in [0, 0.1) is 5.41 Å². The van der Waals surface area contributed by atoms with E-state index in [0.717, 1.165) is 0 Å². The van der Waals surface area contributed by atoms with E-state index < -0.39 is 0 Å². The van der Waals surface area contributed by atoms with Gasteiger partial charge in [0.15, 0.2) is 0 Å². The minimum atomic E-state index is 0.412. The summed E-state index contributed by atoms with van der Waals surface area (Å²) in [5.41, 5.74) is 1.96. The number of hydrogen-bond donors (Lipinski definition) is 0. The molecule has 0 nitrogen and oxygen atoms in total. The fourth-order valence-corrected chi connectivity index (χ4v) is 0.916. The highest BCUT2D eigenvalue weighted by molar-refractivity contribution is 5.08. The van der Waals surface area contributed by atoms with Gasteiger partial charge in [-0.25, -0.2) is 0 Å². The molecule has 0 fully saturated rings. The minimum Gasteiger partial charge on any atom is -0.0851 e. The van der Waals surface area contributed by atoms with Gasteiger partial charge in [0, 0.05) is 0 Å². The molecule has 0 unspecified atom stereocenters. The Hall–Kier alpha value is -0.260. The molecule has 0 bridgehead atoms. The van der Waals surface area contributed by atoms with Gasteiger partial charge in [0.2, 0.25) is 0 Å². The van der Waals surface area contributed by atoms with Crippen LogP contribution >= 0.6 is 0 Å². The summed E-state index contributed by atoms with van der Waals surface area (Å²) in [6.45, 7) is 11.4. The first-order valence-corrected chi connectivity index (χ1v) is 4.71. The molecule has 0 aliphatic heterocycles. The van der Waals surface area contributed by atoms with Crippen LogP contribution in [0.15, 0.2) is 11.6 Å². The maximum Gasteiger partial charge on any atom is -0.0150 e. The van der Waals surface area contributed by atoms with Gasteiger partial charge in [0.1, 0.15) is 0 Å². The largest absolute Gasteiger partial charge is 0.0851 e. The molecule has 0 atom stereocenters. The van der Waals surface area contributed by atoms with E-state index in [2.05, 4.69) is 40.7 Å². The van der Waals surface area contributed by atoms with Gasteiger partial charge >= 0.3 is 0 Å². The molecule has 0 radical (unpaired) electrons. The minimum absolute atomic E-state index is 0.412. The SMILES string of the molecule is CCCC=C(C)C(C)(C)CC. The van der Waals surface area contributed by atoms with Gasteiger partial charge in [-0.3, -0.25) is 0 Å². The standard InChI is InChI=1S/C11H22/c1-6-8-9-10(3)11(4,5)7-2/h9H,6-8H2,1-5H3. The topological polar surface area (TPSA) is 0 Å². The summed E-state index contributed by atoms with van der Waals surface area (Å²) in [6, 6.07) is 0. The Morgan fingerprint density at radius 1 is 1.27 bits per heavy atom. The molecular formula is C11H22. The van der Waals surface area contributed by atoms with E-state index in [1.54, 1.807) is 5.57 Å². The molecule has 0 amide bonds. The molecule has 0 aromatic rings. The Kier molecular flexibility index (Phi) is 4.48. The number of hydrogen-bond acceptors (Lipinski definition) is 0. The first-order chi connectivity index (χ1) is 5.04. The maximum absolute atomic E-state index is 2.38. The zero-order valence-electron chi connectivity index (χ0n) is 8.70. The van der Waals surface area contributed by atoms with Gasteiger partial charge in [-0.2, -0.15) is 0 Å². The zero-order chi connectivity index (χ0) is 8.91. The predicted molar refractivity (Wildman–Crippen MR) is 52.7 cm³/mol. The highest BCUT2D eigenvalue weighted by Crippen LogP contribution is 2.29. The molecule has 0 rings (SSSR count). The van der Waals surface area contributed by atoms with Crippen LogP contribution in [0.1, 0.15) is 53.9 Å². The van der Waals surface area contributed by atoms with Gasteiger partial charge in [-0.15, -0.1) is 0 Å². The van der Waals surface area contributed by atoms with Crippen LogP contribution in [-0.4, -0.2) is 0 Å². The summed E-state index contributed by atoms with van der Waals surface area (Å²) in [4.78, 5) is 0. The molecule has 0 aromatic heterocycles. The lowest BCUT2D eigenvalue weighted by Crippen LogP contribution is -2.10. The number of unbranched alkanes of at least 4 members (excludes halogenated alkanes) is 1. The van der Waals surface area contributed by atoms with Crippen molar-refractivity contribution in [2.24, 2.45) is 5.41 Å². The first-order valence-electron chi connectivity index (χ1n) is 4.71. The van der Waals surface area contributed by atoms with Crippen molar-refractivity contribution in [1.29, 1.82) is 0 Å². The number of rotatable bonds is 4. The fraction of sp³-hybridized carbons (Fsp3) is 0.818. The second kappa shape index (κ2) is 4.58. The molecule has 0 saturated carbocycles. The lowest BCUT2D eigenvalue weighted by atomic mass is 9.82. The average molecular weight is 154 g/mol. The van der Waals surface area contributed by atoms with Crippen molar-refractivity contribution in [1.82, 2.24) is 0 Å². The second-order valence-electron chi connectivity index (χ2n) is 3.91. The first kappa shape index (κ1) is 10.7. The van der Waals surface area contributed by atoms with Crippen molar-refractivity contribution in [2.75, 3.05) is 0 Å². The quantitative estimate of drug-likeness (QED) is 0.533. The monoisotopic (exact) mass is 154 g/mol. The molecule has 11 heavy (non-hydrogen) atoms. The zero-order valence-corrected chi connectivity index (χ0v) is 8.70. The highest BCUT2D eigenvalue weighted by Gasteiger charge is 2.15. The van der Waals surface area contributed by atoms with Gasteiger partial charge in [0.25, 0.3) is 0 Å². The average Bonchev–Trinajstić information content (AvgIpc) is 2.00. The molecule has 0 aromatic carbocycles. The molecule has 0 aliphatic carbocycles. The van der Waals surface area contributed by atoms with Crippen molar-refractivity contribution in [3.63, 3.8) is 0 Å². The Labute approximate surface area is 71.7 Å². The van der Waals surface area contributed by atoms with Gasteiger partial charge in [-0.05, 0) is 25.2 Å². The van der Waals surface area contributed by atoms with Crippen LogP contribution < -0.4 is 0 Å². The highest BCUT2D eigenvalue weighted by atomic mass is 14.2. The summed E-state index contributed by atoms with van der Waals surface area (Å²) >= 11 is 0. The van der Waals surface area contributed by atoms with Crippen LogP contribution in [0.4, 0.5) is 0 Å². The van der Waals surface area contributed by atoms with Crippen molar-refractivity contribution < 1.29 is 0 Å². The van der Waals surface area contributed by atoms with Crippen LogP contribution in [0.5, 0.6) is 0 Å². The van der Waals surface area contributed by atoms with E-state index in [9.17, 15) is 0 Å². The summed E-state index contributed by atoms with van der Waals surface area (Å²) in [5.74, 6) is 0. The summed E-state index contributed by atoms with van der Waals surface area (Å²) in [5, 5.41) is 0. The summed E-state index contributed by atoms with van der Waals surface area (Å²) in [7, 11) is 0. The van der Waals surface area contributed by atoms with Crippen molar-refractivity contribution in [2.45, 2.75) is 53.9 Å². The van der Waals surface area contributed by atoms with Gasteiger partial charge in [-0.1, -0.05) is 45.8 Å². The third kappa shape index (κ3) is 3.60. The van der Waals surface area contributed by atoms with E-state index in [1.807, 2.05) is 0 Å². The van der Waals surface area contributed by atoms with E-state index in [1.165, 1.54) is 19.3 Å². The molecular weight excluding hydrogens is 132 g/mol. The third-order valence-corrected chi connectivity index (χ3v) is 2.69. The van der Waals surface area contributed by atoms with Crippen molar-refractivity contribution in [3.05, 3.63) is 11.6 Å². The Balaban J connectivity index is 4.09. The number of allylic oxidation sites excluding steroid dienone is 2. The van der Waals surface area contributed by atoms with Crippen LogP contribution in [0.3, 0.4) is 0 Å². The molecule has 0 spiro atoms. The molecule has 0 aliphatic rings. The smallest absolute Gasteiger partial charge is 0.0150 e. The lowest BCUT2D eigenvalue weighted by Gasteiger charge is -2.23. The molecule has 0 saturated heterocycles. The van der Waals surface area contributed by atoms with E-state index >= 15 is 0 Å². The molecule has 0 heterocycles. The van der Waals surface area contributed by atoms with Crippen LogP contribution in [0.25, 0.3) is 0 Å². The Morgan fingerprint density at radius 3 is 2.18 bits per heavy atom. The summed E-state index contributed by atoms with van der Waals surface area (Å²) in [6.07, 6.45) is 6.11. The lowest BCUT2D eigenvalue weighted by molar-refractivity contribution is 0.427. The normalized spacial score (nSPS) is 13.7. The van der Waals surface area contributed by atoms with Crippen LogP contribution in [-0.2, 0) is 0 Å². The van der Waals surface area contributed by atoms with Gasteiger partial charge < -0.3 is 0 Å². The van der Waals surface area contributed by atoms with E-state index in [4.69, 9.17) is 0 Å². The fourth-order valence-electron chi connectivity index (χ4n) is 0.916. The van der Waals surface area contributed by atoms with Crippen LogP contribution in [0.2, 0.25) is 0 Å². The van der Waals surface area contributed by atoms with E-state index in [-0.39, 0.29) is 0 Å². The van der Waals surface area contributed by atoms with E-state index in [0.29, 0.717) is 5.41 Å². The maximum atomic E-state index is 2.38. The van der Waals surface area contributed by atoms with Crippen molar-refractivity contribution in [3.8, 4) is 0 Å². The molecule has 66 valence electrons. The summed E-state index contributed by atoms with van der Waals surface area (Å²) < 4.78 is 0. The molecule has 0 heteroatoms. The Morgan fingerprint density at radius 2 is 1.82 bits per heavy atom. The Bertz CT molecular complexity index is 129. The second-order valence-corrected chi connectivity index (χ2v) is 3.91.